The topological polar surface area (TPSA) is 85.1 Å². The highest BCUT2D eigenvalue weighted by molar-refractivity contribution is 6.00. The van der Waals surface area contributed by atoms with Crippen LogP contribution in [0.5, 0.6) is 11.5 Å². The van der Waals surface area contributed by atoms with Crippen LogP contribution in [-0.4, -0.2) is 56.6 Å². The quantitative estimate of drug-likeness (QED) is 0.859. The van der Waals surface area contributed by atoms with Crippen LogP contribution in [0.15, 0.2) is 18.2 Å². The number of carbonyl (C=O) groups is 2. The van der Waals surface area contributed by atoms with Gasteiger partial charge in [-0.05, 0) is 25.0 Å². The monoisotopic (exact) mass is 347 g/mol. The van der Waals surface area contributed by atoms with Crippen LogP contribution in [0.25, 0.3) is 0 Å². The van der Waals surface area contributed by atoms with Crippen molar-refractivity contribution in [2.45, 2.75) is 25.3 Å². The lowest BCUT2D eigenvalue weighted by Gasteiger charge is -2.26. The molecule has 7 heteroatoms. The second-order valence-electron chi connectivity index (χ2n) is 6.51. The number of ether oxygens (including phenoxy) is 2. The molecule has 0 aliphatic carbocycles. The van der Waals surface area contributed by atoms with Gasteiger partial charge in [0.2, 0.25) is 11.8 Å². The molecule has 1 aromatic carbocycles. The van der Waals surface area contributed by atoms with Crippen molar-refractivity contribution in [2.75, 3.05) is 38.8 Å². The molecule has 2 amide bonds. The van der Waals surface area contributed by atoms with Crippen molar-refractivity contribution in [3.63, 3.8) is 0 Å². The smallest absolute Gasteiger partial charge is 0.228 e. The predicted molar refractivity (Wildman–Crippen MR) is 93.8 cm³/mol. The summed E-state index contributed by atoms with van der Waals surface area (Å²) in [5.41, 5.74) is 6.49. The zero-order valence-electron chi connectivity index (χ0n) is 14.7. The van der Waals surface area contributed by atoms with Crippen molar-refractivity contribution < 1.29 is 19.1 Å². The van der Waals surface area contributed by atoms with Gasteiger partial charge in [0.25, 0.3) is 0 Å². The maximum Gasteiger partial charge on any atom is 0.228 e. The third-order valence-electron chi connectivity index (χ3n) is 5.09. The molecule has 3 rings (SSSR count). The molecule has 0 radical (unpaired) electrons. The Morgan fingerprint density at radius 1 is 1.28 bits per heavy atom. The highest BCUT2D eigenvalue weighted by atomic mass is 16.5. The summed E-state index contributed by atoms with van der Waals surface area (Å²) in [6, 6.07) is 5.45. The molecular formula is C18H25N3O4. The van der Waals surface area contributed by atoms with E-state index >= 15 is 0 Å². The summed E-state index contributed by atoms with van der Waals surface area (Å²) in [5, 5.41) is 0. The largest absolute Gasteiger partial charge is 0.493 e. The van der Waals surface area contributed by atoms with Crippen molar-refractivity contribution in [3.8, 4) is 11.5 Å². The Hall–Kier alpha value is -2.28. The summed E-state index contributed by atoms with van der Waals surface area (Å²) in [7, 11) is 3.12. The predicted octanol–water partition coefficient (Wildman–Crippen LogP) is 1.01. The van der Waals surface area contributed by atoms with E-state index in [0.29, 0.717) is 24.6 Å². The SMILES string of the molecule is COc1ccc(N2CC(C(=O)N3CCCC3CN)CC2=O)cc1OC. The number of amides is 2. The molecule has 25 heavy (non-hydrogen) atoms. The van der Waals surface area contributed by atoms with Gasteiger partial charge in [0.1, 0.15) is 0 Å². The van der Waals surface area contributed by atoms with Crippen LogP contribution in [0.1, 0.15) is 19.3 Å². The van der Waals surface area contributed by atoms with E-state index in [4.69, 9.17) is 15.2 Å². The molecule has 0 saturated carbocycles. The molecule has 2 aliphatic rings. The van der Waals surface area contributed by atoms with E-state index in [-0.39, 0.29) is 30.2 Å². The minimum atomic E-state index is -0.312. The Labute approximate surface area is 147 Å². The summed E-state index contributed by atoms with van der Waals surface area (Å²) in [6.07, 6.45) is 2.16. The summed E-state index contributed by atoms with van der Waals surface area (Å²) in [4.78, 5) is 28.8. The molecule has 0 bridgehead atoms. The molecule has 0 spiro atoms. The Morgan fingerprint density at radius 3 is 2.72 bits per heavy atom. The Morgan fingerprint density at radius 2 is 2.04 bits per heavy atom. The molecule has 1 aromatic rings. The van der Waals surface area contributed by atoms with Crippen LogP contribution in [-0.2, 0) is 9.59 Å². The average Bonchev–Trinajstić information content (AvgIpc) is 3.26. The van der Waals surface area contributed by atoms with Crippen molar-refractivity contribution in [3.05, 3.63) is 18.2 Å². The van der Waals surface area contributed by atoms with Gasteiger partial charge in [-0.1, -0.05) is 0 Å². The third-order valence-corrected chi connectivity index (χ3v) is 5.09. The first-order chi connectivity index (χ1) is 12.1. The standard InChI is InChI=1S/C18H25N3O4/c1-24-15-6-5-13(9-16(15)25-2)21-11-12(8-17(21)22)18(23)20-7-3-4-14(20)10-19/h5-6,9,12,14H,3-4,7-8,10-11,19H2,1-2H3. The van der Waals surface area contributed by atoms with Gasteiger partial charge in [-0.2, -0.15) is 0 Å². The molecule has 0 aromatic heterocycles. The fraction of sp³-hybridized carbons (Fsp3) is 0.556. The lowest BCUT2D eigenvalue weighted by Crippen LogP contribution is -2.43. The maximum atomic E-state index is 12.8. The van der Waals surface area contributed by atoms with E-state index in [1.54, 1.807) is 31.3 Å². The van der Waals surface area contributed by atoms with Crippen LogP contribution in [0.4, 0.5) is 5.69 Å². The van der Waals surface area contributed by atoms with Crippen molar-refractivity contribution in [1.82, 2.24) is 4.90 Å². The maximum absolute atomic E-state index is 12.8. The van der Waals surface area contributed by atoms with E-state index in [2.05, 4.69) is 0 Å². The summed E-state index contributed by atoms with van der Waals surface area (Å²) in [6.45, 7) is 1.61. The van der Waals surface area contributed by atoms with Gasteiger partial charge in [0.15, 0.2) is 11.5 Å². The number of rotatable bonds is 5. The number of benzene rings is 1. The van der Waals surface area contributed by atoms with Crippen molar-refractivity contribution >= 4 is 17.5 Å². The molecule has 2 atom stereocenters. The van der Waals surface area contributed by atoms with Crippen LogP contribution >= 0.6 is 0 Å². The average molecular weight is 347 g/mol. The first-order valence-electron chi connectivity index (χ1n) is 8.62. The number of carbonyl (C=O) groups excluding carboxylic acids is 2. The molecule has 2 N–H and O–H groups in total. The second kappa shape index (κ2) is 7.31. The van der Waals surface area contributed by atoms with E-state index in [9.17, 15) is 9.59 Å². The molecule has 2 unspecified atom stereocenters. The zero-order chi connectivity index (χ0) is 18.0. The first-order valence-corrected chi connectivity index (χ1v) is 8.62. The van der Waals surface area contributed by atoms with E-state index in [1.807, 2.05) is 11.0 Å². The number of hydrogen-bond donors (Lipinski definition) is 1. The normalized spacial score (nSPS) is 23.2. The van der Waals surface area contributed by atoms with Crippen LogP contribution < -0.4 is 20.1 Å². The fourth-order valence-electron chi connectivity index (χ4n) is 3.72. The second-order valence-corrected chi connectivity index (χ2v) is 6.51. The summed E-state index contributed by atoms with van der Waals surface area (Å²) in [5.74, 6) is 0.852. The molecule has 2 heterocycles. The van der Waals surface area contributed by atoms with Crippen molar-refractivity contribution in [1.29, 1.82) is 0 Å². The summed E-state index contributed by atoms with van der Waals surface area (Å²) < 4.78 is 10.5. The highest BCUT2D eigenvalue weighted by Gasteiger charge is 2.40. The van der Waals surface area contributed by atoms with Gasteiger partial charge in [-0.25, -0.2) is 0 Å². The molecule has 2 fully saturated rings. The minimum Gasteiger partial charge on any atom is -0.493 e. The molecular weight excluding hydrogens is 322 g/mol. The zero-order valence-corrected chi connectivity index (χ0v) is 14.7. The molecule has 2 saturated heterocycles. The molecule has 7 nitrogen and oxygen atoms in total. The lowest BCUT2D eigenvalue weighted by atomic mass is 10.1. The number of methoxy groups -OCH3 is 2. The first kappa shape index (κ1) is 17.5. The van der Waals surface area contributed by atoms with Gasteiger partial charge in [0, 0.05) is 43.9 Å². The molecule has 2 aliphatic heterocycles. The van der Waals surface area contributed by atoms with Gasteiger partial charge in [-0.3, -0.25) is 9.59 Å². The van der Waals surface area contributed by atoms with Gasteiger partial charge < -0.3 is 25.0 Å². The third kappa shape index (κ3) is 3.28. The van der Waals surface area contributed by atoms with Crippen LogP contribution in [0.3, 0.4) is 0 Å². The number of nitrogens with zero attached hydrogens (tertiary/aromatic N) is 2. The van der Waals surface area contributed by atoms with Crippen molar-refractivity contribution in [2.24, 2.45) is 11.7 Å². The summed E-state index contributed by atoms with van der Waals surface area (Å²) >= 11 is 0. The molecule has 136 valence electrons. The van der Waals surface area contributed by atoms with E-state index in [0.717, 1.165) is 25.1 Å². The number of likely N-dealkylation sites (tertiary alicyclic amines) is 1. The highest BCUT2D eigenvalue weighted by Crippen LogP contribution is 2.34. The minimum absolute atomic E-state index is 0.0456. The van der Waals surface area contributed by atoms with E-state index < -0.39 is 0 Å². The Bertz CT molecular complexity index is 664. The van der Waals surface area contributed by atoms with Crippen LogP contribution in [0, 0.1) is 5.92 Å². The number of nitrogens with two attached hydrogens (primary N) is 1. The number of anilines is 1. The Kier molecular flexibility index (Phi) is 5.13. The lowest BCUT2D eigenvalue weighted by molar-refractivity contribution is -0.136. The fourth-order valence-corrected chi connectivity index (χ4v) is 3.72. The Balaban J connectivity index is 1.75. The number of hydrogen-bond acceptors (Lipinski definition) is 5. The van der Waals surface area contributed by atoms with Gasteiger partial charge in [-0.15, -0.1) is 0 Å². The van der Waals surface area contributed by atoms with Crippen LogP contribution in [0.2, 0.25) is 0 Å². The van der Waals surface area contributed by atoms with Gasteiger partial charge in [0.05, 0.1) is 20.1 Å². The van der Waals surface area contributed by atoms with E-state index in [1.165, 1.54) is 0 Å². The van der Waals surface area contributed by atoms with Gasteiger partial charge >= 0.3 is 0 Å².